The molecule has 0 saturated heterocycles. The van der Waals surface area contributed by atoms with Gasteiger partial charge in [-0.25, -0.2) is 4.79 Å². The molecule has 9 heteroatoms. The molecule has 1 aromatic carbocycles. The van der Waals surface area contributed by atoms with Gasteiger partial charge in [-0.05, 0) is 50.1 Å². The Labute approximate surface area is 186 Å². The highest BCUT2D eigenvalue weighted by Gasteiger charge is 2.45. The Balaban J connectivity index is 1.97. The number of benzene rings is 1. The third-order valence-electron chi connectivity index (χ3n) is 5.77. The summed E-state index contributed by atoms with van der Waals surface area (Å²) in [5.74, 6) is -0.599. The van der Waals surface area contributed by atoms with Crippen molar-refractivity contribution in [1.82, 2.24) is 9.88 Å². The number of nitrogens with zero attached hydrogens (tertiary/aromatic N) is 4. The first-order valence-electron chi connectivity index (χ1n) is 10.4. The molecule has 0 unspecified atom stereocenters. The van der Waals surface area contributed by atoms with Gasteiger partial charge >= 0.3 is 6.09 Å². The van der Waals surface area contributed by atoms with Crippen LogP contribution in [0.5, 0.6) is 0 Å². The smallest absolute Gasteiger partial charge is 0.407 e. The number of carbonyl (C=O) groups is 3. The molecule has 0 fully saturated rings. The summed E-state index contributed by atoms with van der Waals surface area (Å²) < 4.78 is 0. The predicted octanol–water partition coefficient (Wildman–Crippen LogP) is 2.61. The number of fused-ring (bicyclic) bond motifs is 1. The highest BCUT2D eigenvalue weighted by Crippen LogP contribution is 2.39. The lowest BCUT2D eigenvalue weighted by Crippen LogP contribution is -2.47. The topological polar surface area (TPSA) is 114 Å². The SMILES string of the molecule is CCN1C(=O)C(C)(C)C(=O)N(C)c2cc(CN(Cc3cccnc3CO)C(=O)O)ccc21. The van der Waals surface area contributed by atoms with Crippen molar-refractivity contribution in [3.8, 4) is 0 Å². The quantitative estimate of drug-likeness (QED) is 0.668. The van der Waals surface area contributed by atoms with E-state index in [1.807, 2.05) is 6.92 Å². The Bertz CT molecular complexity index is 1050. The number of anilines is 2. The minimum absolute atomic E-state index is 0.0531. The molecule has 0 saturated carbocycles. The van der Waals surface area contributed by atoms with Crippen molar-refractivity contribution in [2.24, 2.45) is 5.41 Å². The van der Waals surface area contributed by atoms with E-state index in [-0.39, 0.29) is 31.5 Å². The summed E-state index contributed by atoms with van der Waals surface area (Å²) in [4.78, 5) is 46.3. The maximum atomic E-state index is 13.0. The van der Waals surface area contributed by atoms with Crippen LogP contribution in [0.15, 0.2) is 36.5 Å². The minimum Gasteiger partial charge on any atom is -0.465 e. The van der Waals surface area contributed by atoms with E-state index in [4.69, 9.17) is 0 Å². The highest BCUT2D eigenvalue weighted by atomic mass is 16.4. The van der Waals surface area contributed by atoms with Gasteiger partial charge in [-0.15, -0.1) is 0 Å². The van der Waals surface area contributed by atoms with Crippen LogP contribution in [0, 0.1) is 5.41 Å². The van der Waals surface area contributed by atoms with E-state index >= 15 is 0 Å². The molecular weight excluding hydrogens is 412 g/mol. The van der Waals surface area contributed by atoms with Crippen LogP contribution in [0.25, 0.3) is 0 Å². The first-order chi connectivity index (χ1) is 15.1. The van der Waals surface area contributed by atoms with Gasteiger partial charge in [-0.1, -0.05) is 12.1 Å². The van der Waals surface area contributed by atoms with Crippen molar-refractivity contribution in [2.75, 3.05) is 23.4 Å². The number of pyridine rings is 1. The maximum absolute atomic E-state index is 13.0. The molecule has 0 bridgehead atoms. The van der Waals surface area contributed by atoms with Crippen molar-refractivity contribution in [3.05, 3.63) is 53.3 Å². The van der Waals surface area contributed by atoms with Gasteiger partial charge in [0.05, 0.1) is 30.2 Å². The van der Waals surface area contributed by atoms with Gasteiger partial charge in [-0.3, -0.25) is 19.5 Å². The Kier molecular flexibility index (Phi) is 6.50. The molecule has 1 aromatic heterocycles. The van der Waals surface area contributed by atoms with Gasteiger partial charge in [0.25, 0.3) is 0 Å². The Hall–Kier alpha value is -3.46. The first-order valence-corrected chi connectivity index (χ1v) is 10.4. The number of rotatable bonds is 6. The second-order valence-electron chi connectivity index (χ2n) is 8.27. The normalized spacial score (nSPS) is 15.4. The molecule has 2 heterocycles. The Morgan fingerprint density at radius 3 is 2.47 bits per heavy atom. The van der Waals surface area contributed by atoms with Crippen molar-refractivity contribution in [3.63, 3.8) is 0 Å². The summed E-state index contributed by atoms with van der Waals surface area (Å²) in [5.41, 5.74) is 1.66. The van der Waals surface area contributed by atoms with Gasteiger partial charge in [0.1, 0.15) is 5.41 Å². The van der Waals surface area contributed by atoms with E-state index < -0.39 is 11.5 Å². The summed E-state index contributed by atoms with van der Waals surface area (Å²) >= 11 is 0. The van der Waals surface area contributed by atoms with E-state index in [2.05, 4.69) is 4.98 Å². The number of aliphatic hydroxyl groups is 1. The number of aromatic nitrogens is 1. The molecule has 0 atom stereocenters. The number of hydrogen-bond donors (Lipinski definition) is 2. The van der Waals surface area contributed by atoms with Crippen LogP contribution >= 0.6 is 0 Å². The molecule has 32 heavy (non-hydrogen) atoms. The lowest BCUT2D eigenvalue weighted by atomic mass is 9.90. The van der Waals surface area contributed by atoms with Crippen LogP contribution in [0.3, 0.4) is 0 Å². The second-order valence-corrected chi connectivity index (χ2v) is 8.27. The zero-order chi connectivity index (χ0) is 23.6. The van der Waals surface area contributed by atoms with Crippen molar-refractivity contribution < 1.29 is 24.6 Å². The molecule has 2 N–H and O–H groups in total. The second kappa shape index (κ2) is 8.96. The molecule has 3 rings (SSSR count). The largest absolute Gasteiger partial charge is 0.465 e. The van der Waals surface area contributed by atoms with Gasteiger partial charge < -0.3 is 20.0 Å². The van der Waals surface area contributed by atoms with Crippen LogP contribution < -0.4 is 9.80 Å². The zero-order valence-electron chi connectivity index (χ0n) is 18.7. The molecule has 170 valence electrons. The fraction of sp³-hybridized carbons (Fsp3) is 0.391. The maximum Gasteiger partial charge on any atom is 0.407 e. The molecule has 0 radical (unpaired) electrons. The fourth-order valence-corrected chi connectivity index (χ4v) is 3.92. The molecule has 3 amide bonds. The third kappa shape index (κ3) is 4.16. The fourth-order valence-electron chi connectivity index (χ4n) is 3.92. The van der Waals surface area contributed by atoms with Gasteiger partial charge in [0.2, 0.25) is 11.8 Å². The van der Waals surface area contributed by atoms with Crippen LogP contribution in [0.1, 0.15) is 37.6 Å². The standard InChI is InChI=1S/C23H28N4O5/c1-5-27-18-9-8-15(11-19(18)25(4)20(29)23(2,3)21(27)30)12-26(22(31)32)13-16-7-6-10-24-17(16)14-28/h6-11,28H,5,12-14H2,1-4H3,(H,31,32). The van der Waals surface area contributed by atoms with Crippen LogP contribution in [0.2, 0.25) is 0 Å². The summed E-state index contributed by atoms with van der Waals surface area (Å²) in [6.45, 7) is 5.31. The minimum atomic E-state index is -1.21. The van der Waals surface area contributed by atoms with Crippen LogP contribution in [-0.2, 0) is 29.3 Å². The van der Waals surface area contributed by atoms with E-state index in [1.54, 1.807) is 62.3 Å². The number of carbonyl (C=O) groups excluding carboxylic acids is 2. The zero-order valence-corrected chi connectivity index (χ0v) is 18.7. The van der Waals surface area contributed by atoms with Crippen LogP contribution in [0.4, 0.5) is 16.2 Å². The number of carboxylic acid groups (broad SMARTS) is 1. The summed E-state index contributed by atoms with van der Waals surface area (Å²) in [7, 11) is 1.62. The predicted molar refractivity (Wildman–Crippen MR) is 119 cm³/mol. The van der Waals surface area contributed by atoms with E-state index in [9.17, 15) is 24.6 Å². The molecule has 0 aliphatic carbocycles. The first kappa shape index (κ1) is 23.2. The third-order valence-corrected chi connectivity index (χ3v) is 5.77. The van der Waals surface area contributed by atoms with Gasteiger partial charge in [0, 0.05) is 26.3 Å². The van der Waals surface area contributed by atoms with Crippen LogP contribution in [-0.4, -0.2) is 51.6 Å². The summed E-state index contributed by atoms with van der Waals surface area (Å²) in [6, 6.07) is 8.68. The average Bonchev–Trinajstić information content (AvgIpc) is 2.82. The molecular formula is C23H28N4O5. The van der Waals surface area contributed by atoms with Gasteiger partial charge in [0.15, 0.2) is 0 Å². The summed E-state index contributed by atoms with van der Waals surface area (Å²) in [5, 5.41) is 19.2. The van der Waals surface area contributed by atoms with Crippen molar-refractivity contribution in [1.29, 1.82) is 0 Å². The molecule has 9 nitrogen and oxygen atoms in total. The number of hydrogen-bond acceptors (Lipinski definition) is 5. The number of aliphatic hydroxyl groups excluding tert-OH is 1. The summed E-state index contributed by atoms with van der Waals surface area (Å²) in [6.07, 6.45) is 0.422. The highest BCUT2D eigenvalue weighted by molar-refractivity contribution is 6.19. The molecule has 2 aromatic rings. The van der Waals surface area contributed by atoms with E-state index in [0.717, 1.165) is 0 Å². The van der Waals surface area contributed by atoms with E-state index in [0.29, 0.717) is 34.7 Å². The van der Waals surface area contributed by atoms with Crippen molar-refractivity contribution >= 4 is 29.3 Å². The number of amides is 3. The Morgan fingerprint density at radius 2 is 1.84 bits per heavy atom. The van der Waals surface area contributed by atoms with Crippen molar-refractivity contribution in [2.45, 2.75) is 40.5 Å². The van der Waals surface area contributed by atoms with Gasteiger partial charge in [-0.2, -0.15) is 0 Å². The molecule has 0 spiro atoms. The average molecular weight is 441 g/mol. The lowest BCUT2D eigenvalue weighted by Gasteiger charge is -2.27. The molecule has 1 aliphatic rings. The monoisotopic (exact) mass is 440 g/mol. The Morgan fingerprint density at radius 1 is 1.12 bits per heavy atom. The van der Waals surface area contributed by atoms with E-state index in [1.165, 1.54) is 9.80 Å². The molecule has 1 aliphatic heterocycles. The lowest BCUT2D eigenvalue weighted by molar-refractivity contribution is -0.137.